The molecule has 1 rings (SSSR count). The van der Waals surface area contributed by atoms with Crippen molar-refractivity contribution in [3.63, 3.8) is 0 Å². The summed E-state index contributed by atoms with van der Waals surface area (Å²) in [6.45, 7) is 18.9. The van der Waals surface area contributed by atoms with E-state index in [1.165, 1.54) is 51.5 Å². The molecule has 0 saturated heterocycles. The molecule has 0 amide bonds. The Morgan fingerprint density at radius 1 is 1.12 bits per heavy atom. The average molecular weight is 350 g/mol. The van der Waals surface area contributed by atoms with E-state index in [9.17, 15) is 0 Å². The van der Waals surface area contributed by atoms with Crippen LogP contribution in [0.3, 0.4) is 0 Å². The van der Waals surface area contributed by atoms with E-state index in [1.807, 2.05) is 0 Å². The average Bonchev–Trinajstić information content (AvgIpc) is 2.48. The first-order valence-electron chi connectivity index (χ1n) is 11.0. The number of hydrogen-bond donors (Lipinski definition) is 0. The second-order valence-corrected chi connectivity index (χ2v) is 10.2. The van der Waals surface area contributed by atoms with Crippen LogP contribution in [0.15, 0.2) is 11.6 Å². The molecule has 25 heavy (non-hydrogen) atoms. The van der Waals surface area contributed by atoms with Crippen molar-refractivity contribution >= 4 is 0 Å². The maximum Gasteiger partial charge on any atom is 0.0187 e. The van der Waals surface area contributed by atoms with Crippen LogP contribution in [-0.4, -0.2) is 25.0 Å². The second kappa shape index (κ2) is 10.8. The second-order valence-electron chi connectivity index (χ2n) is 10.2. The van der Waals surface area contributed by atoms with Gasteiger partial charge in [-0.25, -0.2) is 0 Å². The summed E-state index contributed by atoms with van der Waals surface area (Å²) in [5, 5.41) is 0. The third-order valence-corrected chi connectivity index (χ3v) is 6.67. The van der Waals surface area contributed by atoms with Gasteiger partial charge in [0.25, 0.3) is 0 Å². The molecule has 1 heteroatoms. The quantitative estimate of drug-likeness (QED) is 0.357. The van der Waals surface area contributed by atoms with E-state index < -0.39 is 0 Å². The van der Waals surface area contributed by atoms with Crippen LogP contribution in [0.25, 0.3) is 0 Å². The van der Waals surface area contributed by atoms with Crippen molar-refractivity contribution in [1.29, 1.82) is 0 Å². The van der Waals surface area contributed by atoms with Crippen molar-refractivity contribution < 1.29 is 0 Å². The van der Waals surface area contributed by atoms with Gasteiger partial charge >= 0.3 is 0 Å². The van der Waals surface area contributed by atoms with Crippen molar-refractivity contribution in [2.75, 3.05) is 20.1 Å². The minimum absolute atomic E-state index is 0.424. The van der Waals surface area contributed by atoms with Crippen molar-refractivity contribution in [3.05, 3.63) is 11.6 Å². The van der Waals surface area contributed by atoms with Gasteiger partial charge in [-0.05, 0) is 81.7 Å². The molecule has 1 aliphatic rings. The van der Waals surface area contributed by atoms with Crippen LogP contribution < -0.4 is 0 Å². The van der Waals surface area contributed by atoms with Gasteiger partial charge in [0.2, 0.25) is 0 Å². The molecule has 148 valence electrons. The predicted octanol–water partition coefficient (Wildman–Crippen LogP) is 7.18. The van der Waals surface area contributed by atoms with Crippen molar-refractivity contribution in [2.45, 2.75) is 93.4 Å². The molecular formula is C24H47N. The molecule has 0 aliphatic heterocycles. The normalized spacial score (nSPS) is 24.3. The zero-order valence-electron chi connectivity index (χ0n) is 18.7. The van der Waals surface area contributed by atoms with E-state index in [-0.39, 0.29) is 0 Å². The van der Waals surface area contributed by atoms with Gasteiger partial charge in [-0.3, -0.25) is 0 Å². The lowest BCUT2D eigenvalue weighted by Crippen LogP contribution is -2.30. The Balaban J connectivity index is 2.22. The molecule has 1 saturated carbocycles. The number of allylic oxidation sites excluding steroid dienone is 1. The van der Waals surface area contributed by atoms with E-state index in [0.717, 1.165) is 30.2 Å². The predicted molar refractivity (Wildman–Crippen MR) is 114 cm³/mol. The summed E-state index contributed by atoms with van der Waals surface area (Å²) in [6.07, 6.45) is 12.2. The molecule has 0 heterocycles. The molecule has 0 radical (unpaired) electrons. The van der Waals surface area contributed by atoms with Crippen LogP contribution in [0.2, 0.25) is 0 Å². The van der Waals surface area contributed by atoms with E-state index in [4.69, 9.17) is 0 Å². The summed E-state index contributed by atoms with van der Waals surface area (Å²) < 4.78 is 0. The maximum absolute atomic E-state index is 2.53. The van der Waals surface area contributed by atoms with E-state index in [0.29, 0.717) is 5.41 Å². The smallest absolute Gasteiger partial charge is 0.0187 e. The minimum atomic E-state index is 0.424. The Kier molecular flexibility index (Phi) is 9.78. The highest BCUT2D eigenvalue weighted by molar-refractivity contribution is 5.02. The fourth-order valence-electron chi connectivity index (χ4n) is 4.49. The lowest BCUT2D eigenvalue weighted by molar-refractivity contribution is 0.139. The van der Waals surface area contributed by atoms with Crippen LogP contribution in [0.5, 0.6) is 0 Å². The zero-order valence-corrected chi connectivity index (χ0v) is 18.7. The third-order valence-electron chi connectivity index (χ3n) is 6.67. The van der Waals surface area contributed by atoms with Crippen LogP contribution in [-0.2, 0) is 0 Å². The molecule has 0 spiro atoms. The minimum Gasteiger partial charge on any atom is -0.302 e. The van der Waals surface area contributed by atoms with Crippen LogP contribution in [0, 0.1) is 29.1 Å². The molecule has 1 nitrogen and oxygen atoms in total. The monoisotopic (exact) mass is 349 g/mol. The number of nitrogens with zero attached hydrogens (tertiary/aromatic N) is 1. The molecule has 1 aliphatic carbocycles. The van der Waals surface area contributed by atoms with E-state index in [1.54, 1.807) is 5.57 Å². The summed E-state index contributed by atoms with van der Waals surface area (Å²) in [5.74, 6) is 3.77. The largest absolute Gasteiger partial charge is 0.302 e. The fourth-order valence-corrected chi connectivity index (χ4v) is 4.49. The first kappa shape index (κ1) is 22.7. The molecule has 1 fully saturated rings. The highest BCUT2D eigenvalue weighted by Crippen LogP contribution is 2.40. The molecule has 0 aromatic rings. The van der Waals surface area contributed by atoms with Crippen molar-refractivity contribution in [1.82, 2.24) is 4.90 Å². The molecule has 0 bridgehead atoms. The summed E-state index contributed by atoms with van der Waals surface area (Å²) in [7, 11) is 2.30. The Morgan fingerprint density at radius 3 is 2.28 bits per heavy atom. The Labute approximate surface area is 159 Å². The van der Waals surface area contributed by atoms with Crippen molar-refractivity contribution in [2.24, 2.45) is 29.1 Å². The summed E-state index contributed by atoms with van der Waals surface area (Å²) in [4.78, 5) is 2.53. The van der Waals surface area contributed by atoms with Gasteiger partial charge in [0, 0.05) is 6.54 Å². The Hall–Kier alpha value is -0.300. The topological polar surface area (TPSA) is 3.24 Å². The molecule has 2 atom stereocenters. The number of hydrogen-bond acceptors (Lipinski definition) is 1. The van der Waals surface area contributed by atoms with E-state index >= 15 is 0 Å². The van der Waals surface area contributed by atoms with Crippen LogP contribution in [0.4, 0.5) is 0 Å². The van der Waals surface area contributed by atoms with Gasteiger partial charge in [0.1, 0.15) is 0 Å². The number of rotatable bonds is 11. The Bertz CT molecular complexity index is 383. The van der Waals surface area contributed by atoms with Gasteiger partial charge in [-0.1, -0.05) is 66.0 Å². The lowest BCUT2D eigenvalue weighted by Gasteiger charge is -2.37. The van der Waals surface area contributed by atoms with E-state index in [2.05, 4.69) is 66.5 Å². The van der Waals surface area contributed by atoms with Gasteiger partial charge in [0.15, 0.2) is 0 Å². The number of likely N-dealkylation sites (N-methyl/N-ethyl adjacent to an activating group) is 1. The molecular weight excluding hydrogens is 302 g/mol. The standard InChI is InChI=1S/C24H47N/c1-9-19(3)15-22-16-21(17-22)13-14-25(8)18-20(4)11-12-23(10-2)24(5,6)7/h11,19,21-23H,9-10,12-18H2,1-8H3. The first-order chi connectivity index (χ1) is 11.7. The van der Waals surface area contributed by atoms with Crippen LogP contribution in [0.1, 0.15) is 93.4 Å². The Morgan fingerprint density at radius 2 is 1.76 bits per heavy atom. The van der Waals surface area contributed by atoms with Gasteiger partial charge in [0.05, 0.1) is 0 Å². The fraction of sp³-hybridized carbons (Fsp3) is 0.917. The summed E-state index contributed by atoms with van der Waals surface area (Å²) >= 11 is 0. The highest BCUT2D eigenvalue weighted by atomic mass is 15.1. The summed E-state index contributed by atoms with van der Waals surface area (Å²) in [5.41, 5.74) is 1.97. The zero-order chi connectivity index (χ0) is 19.0. The third kappa shape index (κ3) is 8.76. The maximum atomic E-state index is 2.53. The van der Waals surface area contributed by atoms with Gasteiger partial charge < -0.3 is 4.90 Å². The first-order valence-corrected chi connectivity index (χ1v) is 11.0. The molecule has 0 N–H and O–H groups in total. The molecule has 0 aromatic heterocycles. The summed E-state index contributed by atoms with van der Waals surface area (Å²) in [6, 6.07) is 0. The lowest BCUT2D eigenvalue weighted by atomic mass is 9.69. The molecule has 2 unspecified atom stereocenters. The highest BCUT2D eigenvalue weighted by Gasteiger charge is 2.29. The van der Waals surface area contributed by atoms with Crippen molar-refractivity contribution in [3.8, 4) is 0 Å². The molecule has 0 aromatic carbocycles. The van der Waals surface area contributed by atoms with Gasteiger partial charge in [-0.2, -0.15) is 0 Å². The van der Waals surface area contributed by atoms with Gasteiger partial charge in [-0.15, -0.1) is 0 Å². The SMILES string of the molecule is CCC(C)CC1CC(CCN(C)CC(C)=CCC(CC)C(C)(C)C)C1. The van der Waals surface area contributed by atoms with Crippen LogP contribution >= 0.6 is 0 Å².